The van der Waals surface area contributed by atoms with Crippen molar-refractivity contribution in [2.75, 3.05) is 0 Å². The van der Waals surface area contributed by atoms with Crippen LogP contribution in [0.2, 0.25) is 0 Å². The Balaban J connectivity index is 0.00000131. The SMILES string of the molecule is CC(=O)[O-].CC(=O)[O-].CC(C)c1cc(C=Nc2cc3ccccc3cc2N=Cc2cc(C(C)C)cc(C(C)(C)C)c2O)c(O)c(C(C)(C)C)c1.[Co+2]. The molecule has 9 heteroatoms. The number of carbonyl (C=O) groups excluding carboxylic acids is 2. The van der Waals surface area contributed by atoms with Crippen LogP contribution >= 0.6 is 0 Å². The summed E-state index contributed by atoms with van der Waals surface area (Å²) in [6.45, 7) is 23.2. The van der Waals surface area contributed by atoms with Gasteiger partial charge in [0, 0.05) is 46.6 Å². The molecule has 0 amide bonds. The minimum atomic E-state index is -1.08. The second-order valence-electron chi connectivity index (χ2n) is 15.0. The Kier molecular flexibility index (Phi) is 16.3. The standard InChI is InChI=1S/C38H46N2O2.2C2H4O2.Co/c1-23(2)27-15-29(35(41)31(17-27)37(5,6)7)21-39-33-19-25-13-11-12-14-26(25)20-34(33)40-22-30-16-28(24(3)4)18-32(36(30)42)38(8,9)10;2*1-2(3)4;/h11-24,41-42H,1-10H3;2*1H3,(H,3,4);/q;;;+2/p-2. The van der Waals surface area contributed by atoms with E-state index >= 15 is 0 Å². The largest absolute Gasteiger partial charge is 2.00 e. The molecule has 4 aromatic rings. The number of aromatic hydroxyl groups is 2. The molecule has 4 rings (SSSR count). The molecule has 0 aliphatic heterocycles. The molecule has 51 heavy (non-hydrogen) atoms. The topological polar surface area (TPSA) is 145 Å². The maximum Gasteiger partial charge on any atom is 2.00 e. The van der Waals surface area contributed by atoms with Gasteiger partial charge in [0.25, 0.3) is 0 Å². The molecule has 0 aromatic heterocycles. The Morgan fingerprint density at radius 2 is 0.922 bits per heavy atom. The van der Waals surface area contributed by atoms with E-state index in [0.717, 1.165) is 46.9 Å². The number of aliphatic imine (C=N–C) groups is 2. The number of hydrogen-bond donors (Lipinski definition) is 2. The molecule has 0 aliphatic rings. The van der Waals surface area contributed by atoms with Gasteiger partial charge in [-0.25, -0.2) is 0 Å². The predicted molar refractivity (Wildman–Crippen MR) is 202 cm³/mol. The molecule has 275 valence electrons. The van der Waals surface area contributed by atoms with Gasteiger partial charge >= 0.3 is 16.8 Å². The first-order valence-corrected chi connectivity index (χ1v) is 16.7. The first-order valence-electron chi connectivity index (χ1n) is 16.7. The number of nitrogens with zero attached hydrogens (tertiary/aromatic N) is 2. The number of phenolic OH excluding ortho intramolecular Hbond substituents is 2. The van der Waals surface area contributed by atoms with Gasteiger partial charge in [0.05, 0.1) is 11.4 Å². The Bertz CT molecular complexity index is 1740. The van der Waals surface area contributed by atoms with Crippen LogP contribution in [0, 0.1) is 0 Å². The van der Waals surface area contributed by atoms with Crippen molar-refractivity contribution in [2.24, 2.45) is 9.98 Å². The molecule has 0 saturated heterocycles. The predicted octanol–water partition coefficient (Wildman–Crippen LogP) is 8.10. The van der Waals surface area contributed by atoms with Crippen LogP contribution in [0.25, 0.3) is 10.8 Å². The van der Waals surface area contributed by atoms with Crippen LogP contribution in [-0.2, 0) is 37.2 Å². The van der Waals surface area contributed by atoms with Gasteiger partial charge in [-0.2, -0.15) is 0 Å². The third kappa shape index (κ3) is 13.3. The average Bonchev–Trinajstić information content (AvgIpc) is 2.97. The minimum Gasteiger partial charge on any atom is -0.550 e. The van der Waals surface area contributed by atoms with E-state index in [1.54, 1.807) is 12.4 Å². The quantitative estimate of drug-likeness (QED) is 0.191. The van der Waals surface area contributed by atoms with E-state index in [-0.39, 0.29) is 39.1 Å². The number of fused-ring (bicyclic) bond motifs is 1. The van der Waals surface area contributed by atoms with Crippen LogP contribution in [0.3, 0.4) is 0 Å². The normalized spacial score (nSPS) is 11.6. The maximum atomic E-state index is 11.2. The molecule has 0 bridgehead atoms. The van der Waals surface area contributed by atoms with Crippen LogP contribution < -0.4 is 10.2 Å². The number of carboxylic acids is 2. The summed E-state index contributed by atoms with van der Waals surface area (Å²) in [5.74, 6) is -1.03. The van der Waals surface area contributed by atoms with Crippen molar-refractivity contribution in [1.82, 2.24) is 0 Å². The molecule has 0 heterocycles. The molecule has 2 N–H and O–H groups in total. The van der Waals surface area contributed by atoms with E-state index in [0.29, 0.717) is 34.3 Å². The maximum absolute atomic E-state index is 11.2. The van der Waals surface area contributed by atoms with Crippen molar-refractivity contribution >= 4 is 46.5 Å². The van der Waals surface area contributed by atoms with Crippen molar-refractivity contribution in [2.45, 2.75) is 106 Å². The number of benzene rings is 4. The fourth-order valence-corrected chi connectivity index (χ4v) is 5.07. The van der Waals surface area contributed by atoms with E-state index in [1.807, 2.05) is 36.4 Å². The van der Waals surface area contributed by atoms with E-state index in [9.17, 15) is 10.2 Å². The summed E-state index contributed by atoms with van der Waals surface area (Å²) < 4.78 is 0. The molecular weight excluding hydrogens is 687 g/mol. The van der Waals surface area contributed by atoms with Crippen LogP contribution in [-0.4, -0.2) is 34.6 Å². The van der Waals surface area contributed by atoms with Gasteiger partial charge in [-0.3, -0.25) is 9.98 Å². The second-order valence-corrected chi connectivity index (χ2v) is 15.0. The summed E-state index contributed by atoms with van der Waals surface area (Å²) >= 11 is 0. The van der Waals surface area contributed by atoms with Gasteiger partial charge in [0.2, 0.25) is 0 Å². The first-order chi connectivity index (χ1) is 23.0. The second kappa shape index (κ2) is 18.7. The summed E-state index contributed by atoms with van der Waals surface area (Å²) in [5.41, 5.74) is 6.45. The Morgan fingerprint density at radius 3 is 1.18 bits per heavy atom. The first kappa shape index (κ1) is 44.5. The van der Waals surface area contributed by atoms with Gasteiger partial charge < -0.3 is 30.0 Å². The molecular formula is C42H52CoN2O6. The summed E-state index contributed by atoms with van der Waals surface area (Å²) in [5, 5.41) is 42.4. The molecule has 8 nitrogen and oxygen atoms in total. The van der Waals surface area contributed by atoms with Crippen LogP contribution in [0.1, 0.15) is 128 Å². The summed E-state index contributed by atoms with van der Waals surface area (Å²) in [6.07, 6.45) is 3.49. The van der Waals surface area contributed by atoms with Crippen molar-refractivity contribution < 1.29 is 46.8 Å². The minimum absolute atomic E-state index is 0. The molecule has 0 spiro atoms. The molecule has 0 unspecified atom stereocenters. The van der Waals surface area contributed by atoms with E-state index in [2.05, 4.69) is 93.5 Å². The summed E-state index contributed by atoms with van der Waals surface area (Å²) in [4.78, 5) is 27.6. The van der Waals surface area contributed by atoms with Crippen molar-refractivity contribution in [3.63, 3.8) is 0 Å². The molecule has 0 atom stereocenters. The average molecular weight is 740 g/mol. The summed E-state index contributed by atoms with van der Waals surface area (Å²) in [6, 6.07) is 20.4. The number of aliphatic carboxylic acids is 2. The van der Waals surface area contributed by atoms with Crippen molar-refractivity contribution in [3.8, 4) is 11.5 Å². The Hall–Kier alpha value is -4.47. The number of hydrogen-bond acceptors (Lipinski definition) is 8. The Morgan fingerprint density at radius 1 is 0.627 bits per heavy atom. The monoisotopic (exact) mass is 739 g/mol. The van der Waals surface area contributed by atoms with Crippen LogP contribution in [0.15, 0.2) is 70.6 Å². The number of carboxylic acid groups (broad SMARTS) is 2. The molecule has 1 radical (unpaired) electrons. The van der Waals surface area contributed by atoms with Crippen molar-refractivity contribution in [3.05, 3.63) is 94.0 Å². The van der Waals surface area contributed by atoms with Gasteiger partial charge in [0.15, 0.2) is 0 Å². The van der Waals surface area contributed by atoms with E-state index < -0.39 is 11.9 Å². The van der Waals surface area contributed by atoms with E-state index in [4.69, 9.17) is 29.8 Å². The molecule has 0 fully saturated rings. The number of rotatable bonds is 6. The summed E-state index contributed by atoms with van der Waals surface area (Å²) in [7, 11) is 0. The zero-order valence-electron chi connectivity index (χ0n) is 31.8. The molecule has 4 aromatic carbocycles. The third-order valence-corrected chi connectivity index (χ3v) is 7.80. The van der Waals surface area contributed by atoms with Crippen LogP contribution in [0.5, 0.6) is 11.5 Å². The van der Waals surface area contributed by atoms with E-state index in [1.165, 1.54) is 0 Å². The van der Waals surface area contributed by atoms with Crippen LogP contribution in [0.4, 0.5) is 11.4 Å². The van der Waals surface area contributed by atoms with Gasteiger partial charge in [-0.05, 0) is 82.7 Å². The third-order valence-electron chi connectivity index (χ3n) is 7.80. The fraction of sp³-hybridized carbons (Fsp3) is 0.381. The van der Waals surface area contributed by atoms with Gasteiger partial charge in [0.1, 0.15) is 11.5 Å². The molecule has 0 aliphatic carbocycles. The van der Waals surface area contributed by atoms with Gasteiger partial charge in [-0.1, -0.05) is 106 Å². The zero-order chi connectivity index (χ0) is 38.1. The molecule has 0 saturated carbocycles. The fourth-order valence-electron chi connectivity index (χ4n) is 5.07. The van der Waals surface area contributed by atoms with Crippen molar-refractivity contribution in [1.29, 1.82) is 0 Å². The Labute approximate surface area is 313 Å². The van der Waals surface area contributed by atoms with Gasteiger partial charge in [-0.15, -0.1) is 0 Å². The number of phenols is 2. The number of carbonyl (C=O) groups is 2. The zero-order valence-corrected chi connectivity index (χ0v) is 32.9. The smallest absolute Gasteiger partial charge is 0.550 e.